The van der Waals surface area contributed by atoms with Crippen molar-refractivity contribution in [2.45, 2.75) is 13.0 Å². The van der Waals surface area contributed by atoms with Gasteiger partial charge in [0.2, 0.25) is 0 Å². The molecule has 0 amide bonds. The zero-order valence-corrected chi connectivity index (χ0v) is 7.07. The summed E-state index contributed by atoms with van der Waals surface area (Å²) in [7, 11) is 0. The summed E-state index contributed by atoms with van der Waals surface area (Å²) in [4.78, 5) is 10.3. The highest BCUT2D eigenvalue weighted by Crippen LogP contribution is 2.20. The van der Waals surface area contributed by atoms with Gasteiger partial charge in [0.1, 0.15) is 5.75 Å². The van der Waals surface area contributed by atoms with Gasteiger partial charge in [-0.05, 0) is 11.6 Å². The lowest BCUT2D eigenvalue weighted by Gasteiger charge is -2.10. The molecule has 0 saturated carbocycles. The maximum atomic E-state index is 11.9. The van der Waals surface area contributed by atoms with E-state index < -0.39 is 19.0 Å². The van der Waals surface area contributed by atoms with Crippen molar-refractivity contribution < 1.29 is 23.4 Å². The van der Waals surface area contributed by atoms with E-state index in [1.807, 2.05) is 0 Å². The lowest BCUT2D eigenvalue weighted by Crippen LogP contribution is -2.24. The van der Waals surface area contributed by atoms with Gasteiger partial charge in [0.15, 0.2) is 0 Å². The first-order chi connectivity index (χ1) is 6.59. The minimum atomic E-state index is -2.96. The molecular weight excluding hydrogens is 194 g/mol. The molecule has 0 aliphatic carbocycles. The molecule has 0 aromatic heterocycles. The van der Waals surface area contributed by atoms with Crippen LogP contribution in [-0.4, -0.2) is 12.6 Å². The fourth-order valence-corrected chi connectivity index (χ4v) is 1.02. The number of rotatable bonds is 4. The van der Waals surface area contributed by atoms with Gasteiger partial charge < -0.3 is 14.6 Å². The van der Waals surface area contributed by atoms with E-state index >= 15 is 0 Å². The van der Waals surface area contributed by atoms with Crippen LogP contribution >= 0.6 is 0 Å². The number of benzene rings is 1. The summed E-state index contributed by atoms with van der Waals surface area (Å²) in [5, 5.41) is 10.3. The highest BCUT2D eigenvalue weighted by atomic mass is 19.3. The average Bonchev–Trinajstić information content (AvgIpc) is 2.06. The predicted molar refractivity (Wildman–Crippen MR) is 41.8 cm³/mol. The maximum Gasteiger partial charge on any atom is 0.387 e. The Morgan fingerprint density at radius 3 is 2.64 bits per heavy atom. The van der Waals surface area contributed by atoms with Crippen molar-refractivity contribution in [2.24, 2.45) is 0 Å². The minimum absolute atomic E-state index is 0.133. The Morgan fingerprint density at radius 1 is 1.43 bits per heavy atom. The molecule has 0 aliphatic rings. The third-order valence-electron chi connectivity index (χ3n) is 1.52. The Kier molecular flexibility index (Phi) is 3.39. The number of hydrogen-bond donors (Lipinski definition) is 0. The highest BCUT2D eigenvalue weighted by Gasteiger charge is 2.08. The van der Waals surface area contributed by atoms with Gasteiger partial charge in [-0.3, -0.25) is 0 Å². The number of aliphatic carboxylic acids is 1. The van der Waals surface area contributed by atoms with E-state index in [1.165, 1.54) is 24.3 Å². The molecule has 0 bridgehead atoms. The van der Waals surface area contributed by atoms with E-state index in [4.69, 9.17) is 0 Å². The third kappa shape index (κ3) is 3.01. The molecule has 76 valence electrons. The Hall–Kier alpha value is -1.65. The third-order valence-corrected chi connectivity index (χ3v) is 1.52. The predicted octanol–water partition coefficient (Wildman–Crippen LogP) is 0.580. The van der Waals surface area contributed by atoms with Gasteiger partial charge in [-0.1, -0.05) is 18.2 Å². The second kappa shape index (κ2) is 4.55. The number of ether oxygens (including phenoxy) is 1. The lowest BCUT2D eigenvalue weighted by atomic mass is 10.1. The number of para-hydroxylation sites is 1. The SMILES string of the molecule is O=C([O-])Cc1ccccc1OC(F)F. The molecule has 0 heterocycles. The minimum Gasteiger partial charge on any atom is -0.550 e. The summed E-state index contributed by atoms with van der Waals surface area (Å²) >= 11 is 0. The van der Waals surface area contributed by atoms with Crippen molar-refractivity contribution in [3.8, 4) is 5.75 Å². The smallest absolute Gasteiger partial charge is 0.387 e. The van der Waals surface area contributed by atoms with Crippen molar-refractivity contribution in [3.05, 3.63) is 29.8 Å². The van der Waals surface area contributed by atoms with Gasteiger partial charge in [0.25, 0.3) is 0 Å². The summed E-state index contributed by atoms with van der Waals surface area (Å²) in [6.07, 6.45) is -0.442. The quantitative estimate of drug-likeness (QED) is 0.715. The molecule has 5 heteroatoms. The Balaban J connectivity index is 2.85. The van der Waals surface area contributed by atoms with Gasteiger partial charge in [-0.25, -0.2) is 0 Å². The number of alkyl halides is 2. The lowest BCUT2D eigenvalue weighted by molar-refractivity contribution is -0.304. The molecule has 1 aromatic carbocycles. The van der Waals surface area contributed by atoms with Crippen LogP contribution in [0.1, 0.15) is 5.56 Å². The van der Waals surface area contributed by atoms with Crippen molar-refractivity contribution >= 4 is 5.97 Å². The van der Waals surface area contributed by atoms with E-state index in [0.29, 0.717) is 0 Å². The first-order valence-electron chi connectivity index (χ1n) is 3.82. The maximum absolute atomic E-state index is 11.9. The van der Waals surface area contributed by atoms with Crippen LogP contribution in [0.15, 0.2) is 24.3 Å². The number of carbonyl (C=O) groups is 1. The van der Waals surface area contributed by atoms with Crippen LogP contribution in [0.25, 0.3) is 0 Å². The topological polar surface area (TPSA) is 49.4 Å². The second-order valence-electron chi connectivity index (χ2n) is 2.54. The van der Waals surface area contributed by atoms with Crippen molar-refractivity contribution in [2.75, 3.05) is 0 Å². The van der Waals surface area contributed by atoms with Crippen LogP contribution in [-0.2, 0) is 11.2 Å². The fourth-order valence-electron chi connectivity index (χ4n) is 1.02. The van der Waals surface area contributed by atoms with Crippen LogP contribution in [0.3, 0.4) is 0 Å². The van der Waals surface area contributed by atoms with Crippen LogP contribution < -0.4 is 9.84 Å². The molecule has 14 heavy (non-hydrogen) atoms. The number of carboxylic acids is 1. The Morgan fingerprint density at radius 2 is 2.07 bits per heavy atom. The molecule has 0 radical (unpaired) electrons. The summed E-state index contributed by atoms with van der Waals surface area (Å²) < 4.78 is 27.8. The number of carbonyl (C=O) groups excluding carboxylic acids is 1. The van der Waals surface area contributed by atoms with Gasteiger partial charge in [0.05, 0.1) is 0 Å². The molecule has 0 unspecified atom stereocenters. The monoisotopic (exact) mass is 201 g/mol. The molecule has 0 N–H and O–H groups in total. The summed E-state index contributed by atoms with van der Waals surface area (Å²) in [5.41, 5.74) is 0.174. The molecule has 0 aliphatic heterocycles. The highest BCUT2D eigenvalue weighted by molar-refractivity contribution is 5.69. The molecule has 0 atom stereocenters. The van der Waals surface area contributed by atoms with E-state index in [2.05, 4.69) is 4.74 Å². The normalized spacial score (nSPS) is 10.2. The van der Waals surface area contributed by atoms with E-state index in [-0.39, 0.29) is 11.3 Å². The molecule has 1 aromatic rings. The average molecular weight is 201 g/mol. The fraction of sp³-hybridized carbons (Fsp3) is 0.222. The Bertz CT molecular complexity index is 326. The van der Waals surface area contributed by atoms with Gasteiger partial charge in [-0.2, -0.15) is 8.78 Å². The van der Waals surface area contributed by atoms with Crippen molar-refractivity contribution in [1.82, 2.24) is 0 Å². The second-order valence-corrected chi connectivity index (χ2v) is 2.54. The number of halogens is 2. The van der Waals surface area contributed by atoms with Gasteiger partial charge >= 0.3 is 6.61 Å². The summed E-state index contributed by atoms with van der Waals surface area (Å²) in [6, 6.07) is 5.70. The van der Waals surface area contributed by atoms with Crippen LogP contribution in [0, 0.1) is 0 Å². The van der Waals surface area contributed by atoms with Crippen LogP contribution in [0.5, 0.6) is 5.75 Å². The van der Waals surface area contributed by atoms with Crippen LogP contribution in [0.2, 0.25) is 0 Å². The van der Waals surface area contributed by atoms with Crippen LogP contribution in [0.4, 0.5) is 8.78 Å². The molecule has 1 rings (SSSR count). The van der Waals surface area contributed by atoms with E-state index in [9.17, 15) is 18.7 Å². The molecule has 0 fully saturated rings. The summed E-state index contributed by atoms with van der Waals surface area (Å²) in [6.45, 7) is -2.96. The largest absolute Gasteiger partial charge is 0.550 e. The number of hydrogen-bond acceptors (Lipinski definition) is 3. The molecule has 3 nitrogen and oxygen atoms in total. The van der Waals surface area contributed by atoms with Gasteiger partial charge in [-0.15, -0.1) is 0 Å². The zero-order chi connectivity index (χ0) is 10.6. The van der Waals surface area contributed by atoms with E-state index in [0.717, 1.165) is 0 Å². The van der Waals surface area contributed by atoms with Gasteiger partial charge in [0, 0.05) is 12.4 Å². The zero-order valence-electron chi connectivity index (χ0n) is 7.07. The Labute approximate surface area is 78.9 Å². The summed E-state index contributed by atoms with van der Waals surface area (Å²) in [5.74, 6) is -1.47. The van der Waals surface area contributed by atoms with Crippen molar-refractivity contribution in [3.63, 3.8) is 0 Å². The first kappa shape index (κ1) is 10.4. The first-order valence-corrected chi connectivity index (χ1v) is 3.82. The van der Waals surface area contributed by atoms with E-state index in [1.54, 1.807) is 0 Å². The van der Waals surface area contributed by atoms with Crippen molar-refractivity contribution in [1.29, 1.82) is 0 Å². The molecular formula is C9H7F2O3-. The standard InChI is InChI=1S/C9H8F2O3/c10-9(11)14-7-4-2-1-3-6(7)5-8(12)13/h1-4,9H,5H2,(H,12,13)/p-1. The number of carboxylic acid groups (broad SMARTS) is 1. The molecule has 0 spiro atoms. The molecule has 0 saturated heterocycles.